The summed E-state index contributed by atoms with van der Waals surface area (Å²) >= 11 is 1.65. The summed E-state index contributed by atoms with van der Waals surface area (Å²) < 4.78 is 0. The van der Waals surface area contributed by atoms with Gasteiger partial charge in [-0.25, -0.2) is 0 Å². The van der Waals surface area contributed by atoms with Gasteiger partial charge in [-0.1, -0.05) is 48.2 Å². The molecule has 21 heavy (non-hydrogen) atoms. The van der Waals surface area contributed by atoms with E-state index in [0.29, 0.717) is 0 Å². The smallest absolute Gasteiger partial charge is 0.123 e. The normalized spacial score (nSPS) is 10.7. The molecule has 0 saturated heterocycles. The average Bonchev–Trinajstić information content (AvgIpc) is 2.47. The van der Waals surface area contributed by atoms with Crippen LogP contribution in [0.2, 0.25) is 0 Å². The molecule has 0 atom stereocenters. The summed E-state index contributed by atoms with van der Waals surface area (Å²) in [4.78, 5) is 2.18. The van der Waals surface area contributed by atoms with Crippen molar-refractivity contribution in [2.75, 3.05) is 0 Å². The van der Waals surface area contributed by atoms with Gasteiger partial charge in [0.2, 0.25) is 0 Å². The maximum atomic E-state index is 7.71. The molecule has 3 aromatic rings. The van der Waals surface area contributed by atoms with Crippen molar-refractivity contribution < 1.29 is 0 Å². The SMILES string of the molecule is Cc1ccc(C(=N)N)c(Sc2ccc3ccccc3c2)c1. The summed E-state index contributed by atoms with van der Waals surface area (Å²) in [6, 6.07) is 20.7. The van der Waals surface area contributed by atoms with E-state index in [-0.39, 0.29) is 5.84 Å². The zero-order chi connectivity index (χ0) is 14.8. The molecule has 0 aromatic heterocycles. The summed E-state index contributed by atoms with van der Waals surface area (Å²) in [7, 11) is 0. The van der Waals surface area contributed by atoms with E-state index >= 15 is 0 Å². The molecule has 3 aromatic carbocycles. The largest absolute Gasteiger partial charge is 0.384 e. The summed E-state index contributed by atoms with van der Waals surface area (Å²) in [5, 5.41) is 10.2. The molecule has 0 bridgehead atoms. The predicted molar refractivity (Wildman–Crippen MR) is 90.3 cm³/mol. The van der Waals surface area contributed by atoms with Gasteiger partial charge in [-0.3, -0.25) is 5.41 Å². The van der Waals surface area contributed by atoms with E-state index in [9.17, 15) is 0 Å². The zero-order valence-electron chi connectivity index (χ0n) is 11.8. The van der Waals surface area contributed by atoms with Crippen molar-refractivity contribution in [1.29, 1.82) is 5.41 Å². The lowest BCUT2D eigenvalue weighted by atomic mass is 10.1. The molecule has 0 heterocycles. The van der Waals surface area contributed by atoms with Crippen LogP contribution in [0.25, 0.3) is 10.8 Å². The van der Waals surface area contributed by atoms with Crippen molar-refractivity contribution in [3.8, 4) is 0 Å². The van der Waals surface area contributed by atoms with Crippen molar-refractivity contribution in [3.05, 3.63) is 71.8 Å². The maximum Gasteiger partial charge on any atom is 0.123 e. The number of nitrogen functional groups attached to an aromatic ring is 1. The summed E-state index contributed by atoms with van der Waals surface area (Å²) in [5.41, 5.74) is 7.64. The molecule has 0 aliphatic heterocycles. The van der Waals surface area contributed by atoms with E-state index in [1.807, 2.05) is 31.2 Å². The highest BCUT2D eigenvalue weighted by Gasteiger charge is 2.08. The first-order chi connectivity index (χ1) is 10.1. The topological polar surface area (TPSA) is 49.9 Å². The third-order valence-electron chi connectivity index (χ3n) is 3.38. The molecule has 0 spiro atoms. The number of fused-ring (bicyclic) bond motifs is 1. The standard InChI is InChI=1S/C18H16N2S/c1-12-6-9-16(18(19)20)17(10-12)21-15-8-7-13-4-2-3-5-14(13)11-15/h2-11H,1H3,(H3,19,20). The van der Waals surface area contributed by atoms with Crippen LogP contribution in [0.15, 0.2) is 70.5 Å². The third-order valence-corrected chi connectivity index (χ3v) is 4.42. The zero-order valence-corrected chi connectivity index (χ0v) is 12.6. The quantitative estimate of drug-likeness (QED) is 0.548. The first-order valence-corrected chi connectivity index (χ1v) is 7.57. The second kappa shape index (κ2) is 5.62. The van der Waals surface area contributed by atoms with Crippen LogP contribution >= 0.6 is 11.8 Å². The second-order valence-corrected chi connectivity index (χ2v) is 6.14. The van der Waals surface area contributed by atoms with Gasteiger partial charge in [0, 0.05) is 15.4 Å². The monoisotopic (exact) mass is 292 g/mol. The first kappa shape index (κ1) is 13.7. The van der Waals surface area contributed by atoms with Gasteiger partial charge in [0.25, 0.3) is 0 Å². The van der Waals surface area contributed by atoms with Crippen LogP contribution in [0.5, 0.6) is 0 Å². The lowest BCUT2D eigenvalue weighted by molar-refractivity contribution is 1.29. The molecule has 104 valence electrons. The number of hydrogen-bond donors (Lipinski definition) is 2. The van der Waals surface area contributed by atoms with E-state index in [1.54, 1.807) is 11.8 Å². The van der Waals surface area contributed by atoms with Gasteiger partial charge in [-0.2, -0.15) is 0 Å². The molecule has 3 N–H and O–H groups in total. The summed E-state index contributed by atoms with van der Waals surface area (Å²) in [6.45, 7) is 2.05. The Bertz CT molecular complexity index is 824. The Kier molecular flexibility index (Phi) is 3.67. The number of aryl methyl sites for hydroxylation is 1. The summed E-state index contributed by atoms with van der Waals surface area (Å²) in [5.74, 6) is 0.110. The Morgan fingerprint density at radius 3 is 2.48 bits per heavy atom. The number of nitrogens with one attached hydrogen (secondary N) is 1. The fraction of sp³-hybridized carbons (Fsp3) is 0.0556. The van der Waals surface area contributed by atoms with Crippen molar-refractivity contribution in [2.45, 2.75) is 16.7 Å². The Labute approximate surface area is 128 Å². The highest BCUT2D eigenvalue weighted by molar-refractivity contribution is 7.99. The van der Waals surface area contributed by atoms with Crippen molar-refractivity contribution in [3.63, 3.8) is 0 Å². The second-order valence-electron chi connectivity index (χ2n) is 5.02. The molecular formula is C18H16N2S. The Balaban J connectivity index is 2.02. The summed E-state index contributed by atoms with van der Waals surface area (Å²) in [6.07, 6.45) is 0. The van der Waals surface area contributed by atoms with Crippen LogP contribution in [0.1, 0.15) is 11.1 Å². The van der Waals surface area contributed by atoms with Crippen LogP contribution in [0, 0.1) is 12.3 Å². The Hall–Kier alpha value is -2.26. The molecule has 3 heteroatoms. The van der Waals surface area contributed by atoms with E-state index in [0.717, 1.165) is 15.4 Å². The van der Waals surface area contributed by atoms with Crippen LogP contribution in [0.3, 0.4) is 0 Å². The van der Waals surface area contributed by atoms with Crippen molar-refractivity contribution >= 4 is 28.4 Å². The van der Waals surface area contributed by atoms with Gasteiger partial charge >= 0.3 is 0 Å². The first-order valence-electron chi connectivity index (χ1n) is 6.75. The van der Waals surface area contributed by atoms with Gasteiger partial charge in [0.05, 0.1) is 0 Å². The molecule has 2 nitrogen and oxygen atoms in total. The predicted octanol–water partition coefficient (Wildman–Crippen LogP) is 4.58. The number of rotatable bonds is 3. The molecule has 0 radical (unpaired) electrons. The van der Waals surface area contributed by atoms with Crippen LogP contribution in [-0.2, 0) is 0 Å². The number of nitrogens with two attached hydrogens (primary N) is 1. The van der Waals surface area contributed by atoms with Crippen molar-refractivity contribution in [1.82, 2.24) is 0 Å². The number of benzene rings is 3. The molecule has 0 saturated carbocycles. The molecule has 0 amide bonds. The average molecular weight is 292 g/mol. The lowest BCUT2D eigenvalue weighted by Gasteiger charge is -2.09. The van der Waals surface area contributed by atoms with Gasteiger partial charge < -0.3 is 5.73 Å². The van der Waals surface area contributed by atoms with Gasteiger partial charge in [0.1, 0.15) is 5.84 Å². The molecule has 0 unspecified atom stereocenters. The van der Waals surface area contributed by atoms with Gasteiger partial charge in [0.15, 0.2) is 0 Å². The van der Waals surface area contributed by atoms with Crippen LogP contribution in [-0.4, -0.2) is 5.84 Å². The molecule has 3 rings (SSSR count). The number of amidine groups is 1. The molecule has 0 fully saturated rings. The minimum atomic E-state index is 0.110. The fourth-order valence-electron chi connectivity index (χ4n) is 2.29. The van der Waals surface area contributed by atoms with Crippen LogP contribution < -0.4 is 5.73 Å². The van der Waals surface area contributed by atoms with Crippen molar-refractivity contribution in [2.24, 2.45) is 5.73 Å². The molecule has 0 aliphatic carbocycles. The fourth-order valence-corrected chi connectivity index (χ4v) is 3.40. The van der Waals surface area contributed by atoms with E-state index in [1.165, 1.54) is 16.3 Å². The van der Waals surface area contributed by atoms with Gasteiger partial charge in [-0.05, 0) is 47.5 Å². The number of hydrogen-bond acceptors (Lipinski definition) is 2. The van der Waals surface area contributed by atoms with E-state index in [2.05, 4.69) is 36.4 Å². The van der Waals surface area contributed by atoms with E-state index < -0.39 is 0 Å². The van der Waals surface area contributed by atoms with E-state index in [4.69, 9.17) is 11.1 Å². The molecule has 0 aliphatic rings. The Morgan fingerprint density at radius 2 is 1.71 bits per heavy atom. The maximum absolute atomic E-state index is 7.71. The lowest BCUT2D eigenvalue weighted by Crippen LogP contribution is -2.12. The van der Waals surface area contributed by atoms with Crippen LogP contribution in [0.4, 0.5) is 0 Å². The van der Waals surface area contributed by atoms with Gasteiger partial charge in [-0.15, -0.1) is 0 Å². The minimum Gasteiger partial charge on any atom is -0.384 e. The third kappa shape index (κ3) is 2.93. The Morgan fingerprint density at radius 1 is 0.952 bits per heavy atom. The minimum absolute atomic E-state index is 0.110. The highest BCUT2D eigenvalue weighted by Crippen LogP contribution is 2.33. The highest BCUT2D eigenvalue weighted by atomic mass is 32.2. The molecular weight excluding hydrogens is 276 g/mol.